The number of hydrogen-bond acceptors (Lipinski definition) is 3. The summed E-state index contributed by atoms with van der Waals surface area (Å²) in [4.78, 5) is 12.0. The van der Waals surface area contributed by atoms with Gasteiger partial charge in [0.1, 0.15) is 5.75 Å². The Hall–Kier alpha value is -2.30. The highest BCUT2D eigenvalue weighted by molar-refractivity contribution is 6.05. The molecule has 19 heavy (non-hydrogen) atoms. The zero-order valence-electron chi connectivity index (χ0n) is 11.2. The Labute approximate surface area is 111 Å². The van der Waals surface area contributed by atoms with Crippen molar-refractivity contribution < 1.29 is 9.90 Å². The van der Waals surface area contributed by atoms with Crippen LogP contribution in [0.25, 0.3) is 0 Å². The standard InChI is InChI=1S/C14H17N3O2/c1-8(2)11-7-12(17-16-11)15-14(19)10-6-4-5-9(3)13(10)18/h4-8,18H,1-3H3,(H2,15,16,17,19). The van der Waals surface area contributed by atoms with Crippen molar-refractivity contribution in [1.82, 2.24) is 10.2 Å². The highest BCUT2D eigenvalue weighted by Gasteiger charge is 2.14. The van der Waals surface area contributed by atoms with E-state index in [-0.39, 0.29) is 17.2 Å². The third kappa shape index (κ3) is 2.76. The monoisotopic (exact) mass is 259 g/mol. The lowest BCUT2D eigenvalue weighted by Gasteiger charge is -2.06. The number of phenols is 1. The summed E-state index contributed by atoms with van der Waals surface area (Å²) >= 11 is 0. The molecule has 0 aliphatic rings. The molecular formula is C14H17N3O2. The van der Waals surface area contributed by atoms with E-state index in [4.69, 9.17) is 0 Å². The number of carbonyl (C=O) groups is 1. The Bertz CT molecular complexity index is 602. The molecule has 100 valence electrons. The molecule has 1 amide bonds. The van der Waals surface area contributed by atoms with Crippen molar-refractivity contribution in [3.63, 3.8) is 0 Å². The third-order valence-corrected chi connectivity index (χ3v) is 2.94. The van der Waals surface area contributed by atoms with Gasteiger partial charge in [0.2, 0.25) is 0 Å². The molecule has 0 saturated carbocycles. The van der Waals surface area contributed by atoms with Crippen LogP contribution in [0.1, 0.15) is 41.4 Å². The van der Waals surface area contributed by atoms with Gasteiger partial charge >= 0.3 is 0 Å². The number of aromatic hydroxyl groups is 1. The largest absolute Gasteiger partial charge is 0.507 e. The fourth-order valence-electron chi connectivity index (χ4n) is 1.72. The maximum absolute atomic E-state index is 12.0. The second kappa shape index (κ2) is 5.14. The maximum atomic E-state index is 12.0. The van der Waals surface area contributed by atoms with Gasteiger partial charge in [-0.1, -0.05) is 26.0 Å². The average molecular weight is 259 g/mol. The number of anilines is 1. The topological polar surface area (TPSA) is 78.0 Å². The predicted octanol–water partition coefficient (Wildman–Crippen LogP) is 2.80. The van der Waals surface area contributed by atoms with Gasteiger partial charge in [0.05, 0.1) is 5.56 Å². The summed E-state index contributed by atoms with van der Waals surface area (Å²) in [5.74, 6) is 0.391. The Morgan fingerprint density at radius 1 is 1.42 bits per heavy atom. The quantitative estimate of drug-likeness (QED) is 0.793. The van der Waals surface area contributed by atoms with Gasteiger partial charge < -0.3 is 10.4 Å². The Kier molecular flexibility index (Phi) is 3.55. The number of nitrogens with one attached hydrogen (secondary N) is 2. The SMILES string of the molecule is Cc1cccc(C(=O)Nc2cc(C(C)C)[nH]n2)c1O. The molecule has 0 aliphatic heterocycles. The van der Waals surface area contributed by atoms with E-state index in [2.05, 4.69) is 15.5 Å². The summed E-state index contributed by atoms with van der Waals surface area (Å²) < 4.78 is 0. The lowest BCUT2D eigenvalue weighted by atomic mass is 10.1. The highest BCUT2D eigenvalue weighted by atomic mass is 16.3. The number of nitrogens with zero attached hydrogens (tertiary/aromatic N) is 1. The zero-order chi connectivity index (χ0) is 14.0. The van der Waals surface area contributed by atoms with Gasteiger partial charge in [-0.2, -0.15) is 5.10 Å². The first-order valence-electron chi connectivity index (χ1n) is 6.14. The third-order valence-electron chi connectivity index (χ3n) is 2.94. The van der Waals surface area contributed by atoms with E-state index in [0.717, 1.165) is 5.69 Å². The molecule has 1 aromatic carbocycles. The van der Waals surface area contributed by atoms with E-state index in [9.17, 15) is 9.90 Å². The molecule has 0 aliphatic carbocycles. The molecule has 5 nitrogen and oxygen atoms in total. The number of aromatic amines is 1. The van der Waals surface area contributed by atoms with Gasteiger partial charge in [-0.3, -0.25) is 9.89 Å². The molecule has 0 unspecified atom stereocenters. The molecule has 0 atom stereocenters. The lowest BCUT2D eigenvalue weighted by Crippen LogP contribution is -2.12. The lowest BCUT2D eigenvalue weighted by molar-refractivity contribution is 0.102. The molecule has 2 rings (SSSR count). The Balaban J connectivity index is 2.18. The van der Waals surface area contributed by atoms with Gasteiger partial charge in [0.15, 0.2) is 5.82 Å². The number of H-pyrrole nitrogens is 1. The molecule has 1 heterocycles. The average Bonchev–Trinajstić information content (AvgIpc) is 2.81. The number of phenolic OH excluding ortho intramolecular Hbond substituents is 1. The predicted molar refractivity (Wildman–Crippen MR) is 73.5 cm³/mol. The Morgan fingerprint density at radius 3 is 2.79 bits per heavy atom. The first kappa shape index (κ1) is 13.1. The zero-order valence-corrected chi connectivity index (χ0v) is 11.2. The minimum Gasteiger partial charge on any atom is -0.507 e. The highest BCUT2D eigenvalue weighted by Crippen LogP contribution is 2.22. The summed E-state index contributed by atoms with van der Waals surface area (Å²) in [5.41, 5.74) is 1.86. The second-order valence-electron chi connectivity index (χ2n) is 4.79. The molecule has 5 heteroatoms. The minimum absolute atomic E-state index is 0.000353. The summed E-state index contributed by atoms with van der Waals surface area (Å²) in [7, 11) is 0. The number of amides is 1. The van der Waals surface area contributed by atoms with Crippen LogP contribution < -0.4 is 5.32 Å². The number of aryl methyl sites for hydroxylation is 1. The first-order chi connectivity index (χ1) is 8.99. The van der Waals surface area contributed by atoms with Gasteiger partial charge in [-0.15, -0.1) is 0 Å². The first-order valence-corrected chi connectivity index (χ1v) is 6.14. The van der Waals surface area contributed by atoms with Crippen molar-refractivity contribution in [2.45, 2.75) is 26.7 Å². The van der Waals surface area contributed by atoms with Gasteiger partial charge in [-0.05, 0) is 24.5 Å². The second-order valence-corrected chi connectivity index (χ2v) is 4.79. The maximum Gasteiger partial charge on any atom is 0.260 e. The van der Waals surface area contributed by atoms with Crippen molar-refractivity contribution in [2.75, 3.05) is 5.32 Å². The van der Waals surface area contributed by atoms with Crippen LogP contribution in [0.5, 0.6) is 5.75 Å². The smallest absolute Gasteiger partial charge is 0.260 e. The van der Waals surface area contributed by atoms with Crippen LogP contribution in [0, 0.1) is 6.92 Å². The van der Waals surface area contributed by atoms with E-state index < -0.39 is 0 Å². The van der Waals surface area contributed by atoms with Crippen LogP contribution in [-0.2, 0) is 0 Å². The van der Waals surface area contributed by atoms with Crippen molar-refractivity contribution in [3.05, 3.63) is 41.1 Å². The van der Waals surface area contributed by atoms with E-state index in [1.54, 1.807) is 31.2 Å². The van der Waals surface area contributed by atoms with Crippen molar-refractivity contribution >= 4 is 11.7 Å². The fourth-order valence-corrected chi connectivity index (χ4v) is 1.72. The van der Waals surface area contributed by atoms with Crippen LogP contribution in [-0.4, -0.2) is 21.2 Å². The fraction of sp³-hybridized carbons (Fsp3) is 0.286. The summed E-state index contributed by atoms with van der Waals surface area (Å²) in [6, 6.07) is 6.84. The van der Waals surface area contributed by atoms with Crippen molar-refractivity contribution in [2.24, 2.45) is 0 Å². The number of hydrogen-bond donors (Lipinski definition) is 3. The number of rotatable bonds is 3. The van der Waals surface area contributed by atoms with Gasteiger partial charge in [0, 0.05) is 11.8 Å². The van der Waals surface area contributed by atoms with Crippen molar-refractivity contribution in [3.8, 4) is 5.75 Å². The van der Waals surface area contributed by atoms with Crippen molar-refractivity contribution in [1.29, 1.82) is 0 Å². The molecule has 0 saturated heterocycles. The van der Waals surface area contributed by atoms with Gasteiger partial charge in [0.25, 0.3) is 5.91 Å². The molecular weight excluding hydrogens is 242 g/mol. The van der Waals surface area contributed by atoms with E-state index >= 15 is 0 Å². The minimum atomic E-state index is -0.372. The van der Waals surface area contributed by atoms with Crippen LogP contribution in [0.2, 0.25) is 0 Å². The number of carbonyl (C=O) groups excluding carboxylic acids is 1. The molecule has 2 aromatic rings. The van der Waals surface area contributed by atoms with E-state index in [1.807, 2.05) is 13.8 Å². The molecule has 1 aromatic heterocycles. The normalized spacial score (nSPS) is 10.7. The molecule has 0 spiro atoms. The molecule has 0 bridgehead atoms. The summed E-state index contributed by atoms with van der Waals surface area (Å²) in [5, 5.41) is 19.4. The van der Waals surface area contributed by atoms with Crippen LogP contribution in [0.4, 0.5) is 5.82 Å². The molecule has 3 N–H and O–H groups in total. The van der Waals surface area contributed by atoms with Gasteiger partial charge in [-0.25, -0.2) is 0 Å². The summed E-state index contributed by atoms with van der Waals surface area (Å²) in [6.07, 6.45) is 0. The van der Waals surface area contributed by atoms with Crippen LogP contribution in [0.3, 0.4) is 0 Å². The van der Waals surface area contributed by atoms with E-state index in [1.165, 1.54) is 0 Å². The number of para-hydroxylation sites is 1. The number of aromatic nitrogens is 2. The molecule has 0 radical (unpaired) electrons. The van der Waals surface area contributed by atoms with E-state index in [0.29, 0.717) is 17.3 Å². The van der Waals surface area contributed by atoms with Crippen LogP contribution >= 0.6 is 0 Å². The number of benzene rings is 1. The summed E-state index contributed by atoms with van der Waals surface area (Å²) in [6.45, 7) is 5.81. The molecule has 0 fully saturated rings. The van der Waals surface area contributed by atoms with Crippen LogP contribution in [0.15, 0.2) is 24.3 Å². The Morgan fingerprint density at radius 2 is 2.16 bits per heavy atom.